The standard InChI is InChI=1S/C11H18N2O2/c1-2-13(7-6-12)11(14)9-10-5-3-4-8-15-10/h10H,2-5,7-9H2,1H3. The van der Waals surface area contributed by atoms with Crippen LogP contribution >= 0.6 is 0 Å². The molecule has 1 aliphatic heterocycles. The Morgan fingerprint density at radius 3 is 2.93 bits per heavy atom. The molecule has 1 saturated heterocycles. The first-order valence-corrected chi connectivity index (χ1v) is 5.54. The molecule has 0 saturated carbocycles. The zero-order valence-electron chi connectivity index (χ0n) is 9.24. The van der Waals surface area contributed by atoms with Gasteiger partial charge in [-0.2, -0.15) is 5.26 Å². The van der Waals surface area contributed by atoms with Gasteiger partial charge in [-0.1, -0.05) is 0 Å². The predicted octanol–water partition coefficient (Wildman–Crippen LogP) is 1.32. The number of nitriles is 1. The lowest BCUT2D eigenvalue weighted by atomic mass is 10.1. The van der Waals surface area contributed by atoms with E-state index in [9.17, 15) is 4.79 Å². The second kappa shape index (κ2) is 6.41. The molecule has 84 valence electrons. The van der Waals surface area contributed by atoms with Gasteiger partial charge in [0.25, 0.3) is 0 Å². The molecular weight excluding hydrogens is 192 g/mol. The summed E-state index contributed by atoms with van der Waals surface area (Å²) in [5.41, 5.74) is 0. The summed E-state index contributed by atoms with van der Waals surface area (Å²) in [4.78, 5) is 13.3. The van der Waals surface area contributed by atoms with Gasteiger partial charge in [0.05, 0.1) is 18.6 Å². The maximum atomic E-state index is 11.7. The number of carbonyl (C=O) groups excluding carboxylic acids is 1. The van der Waals surface area contributed by atoms with Gasteiger partial charge in [-0.3, -0.25) is 4.79 Å². The van der Waals surface area contributed by atoms with Gasteiger partial charge in [-0.15, -0.1) is 0 Å². The number of amides is 1. The van der Waals surface area contributed by atoms with Gasteiger partial charge in [-0.25, -0.2) is 0 Å². The molecule has 1 fully saturated rings. The van der Waals surface area contributed by atoms with Crippen LogP contribution in [-0.2, 0) is 9.53 Å². The Hall–Kier alpha value is -1.08. The Bertz CT molecular complexity index is 241. The zero-order chi connectivity index (χ0) is 11.1. The number of rotatable bonds is 4. The van der Waals surface area contributed by atoms with Crippen molar-refractivity contribution in [3.05, 3.63) is 0 Å². The molecular formula is C11H18N2O2. The third-order valence-electron chi connectivity index (χ3n) is 2.67. The predicted molar refractivity (Wildman–Crippen MR) is 56.1 cm³/mol. The molecule has 0 bridgehead atoms. The summed E-state index contributed by atoms with van der Waals surface area (Å²) in [7, 11) is 0. The quantitative estimate of drug-likeness (QED) is 0.657. The summed E-state index contributed by atoms with van der Waals surface area (Å²) in [5, 5.41) is 8.55. The van der Waals surface area contributed by atoms with E-state index in [-0.39, 0.29) is 18.6 Å². The largest absolute Gasteiger partial charge is 0.378 e. The van der Waals surface area contributed by atoms with Gasteiger partial charge < -0.3 is 9.64 Å². The maximum Gasteiger partial charge on any atom is 0.226 e. The minimum absolute atomic E-state index is 0.0333. The lowest BCUT2D eigenvalue weighted by Gasteiger charge is -2.25. The second-order valence-electron chi connectivity index (χ2n) is 3.76. The smallest absolute Gasteiger partial charge is 0.226 e. The molecule has 0 aromatic rings. The topological polar surface area (TPSA) is 53.3 Å². The van der Waals surface area contributed by atoms with Crippen molar-refractivity contribution in [1.29, 1.82) is 5.26 Å². The summed E-state index contributed by atoms with van der Waals surface area (Å²) in [6, 6.07) is 2.00. The van der Waals surface area contributed by atoms with E-state index in [1.165, 1.54) is 0 Å². The van der Waals surface area contributed by atoms with Gasteiger partial charge in [0, 0.05) is 13.2 Å². The first-order chi connectivity index (χ1) is 7.27. The van der Waals surface area contributed by atoms with Crippen LogP contribution in [0.15, 0.2) is 0 Å². The average Bonchev–Trinajstić information content (AvgIpc) is 2.27. The molecule has 0 N–H and O–H groups in total. The summed E-state index contributed by atoms with van der Waals surface area (Å²) >= 11 is 0. The van der Waals surface area contributed by atoms with Crippen molar-refractivity contribution in [1.82, 2.24) is 4.90 Å². The number of ether oxygens (including phenoxy) is 1. The fourth-order valence-corrected chi connectivity index (χ4v) is 1.75. The van der Waals surface area contributed by atoms with E-state index in [0.717, 1.165) is 25.9 Å². The molecule has 1 rings (SSSR count). The third kappa shape index (κ3) is 3.88. The van der Waals surface area contributed by atoms with Crippen molar-refractivity contribution in [2.24, 2.45) is 0 Å². The molecule has 0 aromatic carbocycles. The van der Waals surface area contributed by atoms with Crippen LogP contribution in [0, 0.1) is 11.3 Å². The van der Waals surface area contributed by atoms with E-state index in [1.54, 1.807) is 4.90 Å². The number of nitrogens with zero attached hydrogens (tertiary/aromatic N) is 2. The molecule has 1 atom stereocenters. The summed E-state index contributed by atoms with van der Waals surface area (Å²) < 4.78 is 5.49. The Balaban J connectivity index is 2.35. The lowest BCUT2D eigenvalue weighted by Crippen LogP contribution is -2.35. The van der Waals surface area contributed by atoms with Crippen LogP contribution in [0.25, 0.3) is 0 Å². The minimum Gasteiger partial charge on any atom is -0.378 e. The number of carbonyl (C=O) groups is 1. The molecule has 0 aliphatic carbocycles. The van der Waals surface area contributed by atoms with Gasteiger partial charge in [0.1, 0.15) is 6.54 Å². The van der Waals surface area contributed by atoms with E-state index in [2.05, 4.69) is 0 Å². The Morgan fingerprint density at radius 2 is 2.40 bits per heavy atom. The van der Waals surface area contributed by atoms with Crippen LogP contribution in [0.2, 0.25) is 0 Å². The van der Waals surface area contributed by atoms with Crippen molar-refractivity contribution in [2.45, 2.75) is 38.7 Å². The van der Waals surface area contributed by atoms with Crippen LogP contribution in [-0.4, -0.2) is 36.6 Å². The molecule has 4 heteroatoms. The Morgan fingerprint density at radius 1 is 1.60 bits per heavy atom. The molecule has 1 unspecified atom stereocenters. The molecule has 0 spiro atoms. The molecule has 0 radical (unpaired) electrons. The van der Waals surface area contributed by atoms with E-state index in [1.807, 2.05) is 13.0 Å². The van der Waals surface area contributed by atoms with Gasteiger partial charge in [-0.05, 0) is 26.2 Å². The van der Waals surface area contributed by atoms with Crippen molar-refractivity contribution in [3.63, 3.8) is 0 Å². The molecule has 1 aliphatic rings. The summed E-state index contributed by atoms with van der Waals surface area (Å²) in [5.74, 6) is 0.0333. The second-order valence-corrected chi connectivity index (χ2v) is 3.76. The Labute approximate surface area is 90.8 Å². The lowest BCUT2D eigenvalue weighted by molar-refractivity contribution is -0.134. The van der Waals surface area contributed by atoms with Crippen LogP contribution in [0.3, 0.4) is 0 Å². The SMILES string of the molecule is CCN(CC#N)C(=O)CC1CCCCO1. The van der Waals surface area contributed by atoms with Gasteiger partial charge in [0.15, 0.2) is 0 Å². The van der Waals surface area contributed by atoms with Crippen molar-refractivity contribution >= 4 is 5.91 Å². The number of hydrogen-bond donors (Lipinski definition) is 0. The average molecular weight is 210 g/mol. The van der Waals surface area contributed by atoms with E-state index < -0.39 is 0 Å². The maximum absolute atomic E-state index is 11.7. The van der Waals surface area contributed by atoms with Crippen LogP contribution in [0.4, 0.5) is 0 Å². The highest BCUT2D eigenvalue weighted by Crippen LogP contribution is 2.16. The monoisotopic (exact) mass is 210 g/mol. The zero-order valence-corrected chi connectivity index (χ0v) is 9.24. The highest BCUT2D eigenvalue weighted by atomic mass is 16.5. The molecule has 15 heavy (non-hydrogen) atoms. The molecule has 1 heterocycles. The van der Waals surface area contributed by atoms with Crippen molar-refractivity contribution in [3.8, 4) is 6.07 Å². The summed E-state index contributed by atoms with van der Waals surface area (Å²) in [6.45, 7) is 3.43. The fraction of sp³-hybridized carbons (Fsp3) is 0.818. The van der Waals surface area contributed by atoms with E-state index in [4.69, 9.17) is 10.00 Å². The molecule has 0 aromatic heterocycles. The first kappa shape index (κ1) is 12.0. The van der Waals surface area contributed by atoms with E-state index >= 15 is 0 Å². The van der Waals surface area contributed by atoms with Crippen LogP contribution < -0.4 is 0 Å². The first-order valence-electron chi connectivity index (χ1n) is 5.54. The molecule has 1 amide bonds. The van der Waals surface area contributed by atoms with Gasteiger partial charge in [0.2, 0.25) is 5.91 Å². The van der Waals surface area contributed by atoms with Crippen LogP contribution in [0.5, 0.6) is 0 Å². The minimum atomic E-state index is 0.0333. The van der Waals surface area contributed by atoms with E-state index in [0.29, 0.717) is 13.0 Å². The highest BCUT2D eigenvalue weighted by Gasteiger charge is 2.20. The highest BCUT2D eigenvalue weighted by molar-refractivity contribution is 5.76. The van der Waals surface area contributed by atoms with Gasteiger partial charge >= 0.3 is 0 Å². The van der Waals surface area contributed by atoms with Crippen molar-refractivity contribution < 1.29 is 9.53 Å². The molecule has 4 nitrogen and oxygen atoms in total. The number of hydrogen-bond acceptors (Lipinski definition) is 3. The normalized spacial score (nSPS) is 20.7. The Kier molecular flexibility index (Phi) is 5.13. The fourth-order valence-electron chi connectivity index (χ4n) is 1.75. The third-order valence-corrected chi connectivity index (χ3v) is 2.67. The summed E-state index contributed by atoms with van der Waals surface area (Å²) in [6.07, 6.45) is 3.70. The van der Waals surface area contributed by atoms with Crippen molar-refractivity contribution in [2.75, 3.05) is 19.7 Å². The van der Waals surface area contributed by atoms with Crippen LogP contribution in [0.1, 0.15) is 32.6 Å².